The Hall–Kier alpha value is -1.70. The number of rotatable bonds is 2. The van der Waals surface area contributed by atoms with Gasteiger partial charge in [-0.2, -0.15) is 0 Å². The molecule has 0 N–H and O–H groups in total. The average molecular weight is 198 g/mol. The molecule has 0 spiro atoms. The van der Waals surface area contributed by atoms with Crippen molar-refractivity contribution < 1.29 is 0 Å². The third-order valence-corrected chi connectivity index (χ3v) is 2.57. The van der Waals surface area contributed by atoms with Gasteiger partial charge in [0.25, 0.3) is 0 Å². The van der Waals surface area contributed by atoms with Crippen LogP contribution < -0.4 is 0 Å². The van der Waals surface area contributed by atoms with Crippen molar-refractivity contribution in [3.63, 3.8) is 0 Å². The van der Waals surface area contributed by atoms with E-state index in [0.717, 1.165) is 17.8 Å². The van der Waals surface area contributed by atoms with Crippen molar-refractivity contribution in [2.75, 3.05) is 0 Å². The standard InChI is InChI=1S/C13H14N2/c1-10-5-3-7-14-12(10)9-13-11(2)6-4-8-15-13/h3-8H,9H2,1-2H3. The van der Waals surface area contributed by atoms with Crippen LogP contribution in [-0.2, 0) is 6.42 Å². The van der Waals surface area contributed by atoms with Crippen molar-refractivity contribution in [1.82, 2.24) is 9.97 Å². The maximum atomic E-state index is 4.37. The van der Waals surface area contributed by atoms with Gasteiger partial charge in [0.2, 0.25) is 0 Å². The van der Waals surface area contributed by atoms with Gasteiger partial charge < -0.3 is 0 Å². The summed E-state index contributed by atoms with van der Waals surface area (Å²) in [4.78, 5) is 8.75. The van der Waals surface area contributed by atoms with Crippen molar-refractivity contribution in [3.8, 4) is 0 Å². The van der Waals surface area contributed by atoms with Crippen LogP contribution in [-0.4, -0.2) is 9.97 Å². The van der Waals surface area contributed by atoms with Crippen LogP contribution in [0.25, 0.3) is 0 Å². The van der Waals surface area contributed by atoms with Gasteiger partial charge in [0.15, 0.2) is 0 Å². The number of aryl methyl sites for hydroxylation is 2. The van der Waals surface area contributed by atoms with E-state index in [4.69, 9.17) is 0 Å². The molecule has 0 radical (unpaired) electrons. The Balaban J connectivity index is 2.30. The Morgan fingerprint density at radius 1 is 0.867 bits per heavy atom. The lowest BCUT2D eigenvalue weighted by Crippen LogP contribution is -1.99. The normalized spacial score (nSPS) is 10.3. The van der Waals surface area contributed by atoms with E-state index in [-0.39, 0.29) is 0 Å². The Morgan fingerprint density at radius 3 is 1.73 bits per heavy atom. The first-order valence-electron chi connectivity index (χ1n) is 5.08. The van der Waals surface area contributed by atoms with Crippen LogP contribution in [0.15, 0.2) is 36.7 Å². The molecule has 2 nitrogen and oxygen atoms in total. The lowest BCUT2D eigenvalue weighted by molar-refractivity contribution is 0.975. The highest BCUT2D eigenvalue weighted by molar-refractivity contribution is 5.27. The largest absolute Gasteiger partial charge is 0.261 e. The van der Waals surface area contributed by atoms with Gasteiger partial charge in [0.05, 0.1) is 0 Å². The predicted octanol–water partition coefficient (Wildman–Crippen LogP) is 2.68. The third-order valence-electron chi connectivity index (χ3n) is 2.57. The van der Waals surface area contributed by atoms with E-state index in [2.05, 4.69) is 35.9 Å². The Morgan fingerprint density at radius 2 is 1.33 bits per heavy atom. The second-order valence-corrected chi connectivity index (χ2v) is 3.71. The SMILES string of the molecule is Cc1cccnc1Cc1ncccc1C. The van der Waals surface area contributed by atoms with E-state index in [9.17, 15) is 0 Å². The third kappa shape index (κ3) is 2.21. The van der Waals surface area contributed by atoms with Gasteiger partial charge in [0, 0.05) is 30.2 Å². The topological polar surface area (TPSA) is 25.8 Å². The van der Waals surface area contributed by atoms with E-state index >= 15 is 0 Å². The number of aromatic nitrogens is 2. The van der Waals surface area contributed by atoms with E-state index in [1.54, 1.807) is 0 Å². The molecule has 0 aliphatic heterocycles. The minimum absolute atomic E-state index is 0.819. The first kappa shape index (κ1) is 9.84. The van der Waals surface area contributed by atoms with Gasteiger partial charge in [0.1, 0.15) is 0 Å². The number of pyridine rings is 2. The number of hydrogen-bond donors (Lipinski definition) is 0. The quantitative estimate of drug-likeness (QED) is 0.741. The molecule has 0 saturated heterocycles. The van der Waals surface area contributed by atoms with Gasteiger partial charge in [-0.25, -0.2) is 0 Å². The maximum Gasteiger partial charge on any atom is 0.0492 e. The van der Waals surface area contributed by atoms with E-state index in [1.807, 2.05) is 24.5 Å². The summed E-state index contributed by atoms with van der Waals surface area (Å²) in [7, 11) is 0. The summed E-state index contributed by atoms with van der Waals surface area (Å²) in [6, 6.07) is 8.09. The van der Waals surface area contributed by atoms with Crippen LogP contribution in [0, 0.1) is 13.8 Å². The molecule has 2 heterocycles. The highest BCUT2D eigenvalue weighted by Crippen LogP contribution is 2.11. The second kappa shape index (κ2) is 4.22. The molecular formula is C13H14N2. The Kier molecular flexibility index (Phi) is 2.77. The van der Waals surface area contributed by atoms with Crippen LogP contribution in [0.3, 0.4) is 0 Å². The first-order chi connectivity index (χ1) is 7.27. The van der Waals surface area contributed by atoms with Crippen LogP contribution in [0.1, 0.15) is 22.5 Å². The number of hydrogen-bond acceptors (Lipinski definition) is 2. The molecule has 15 heavy (non-hydrogen) atoms. The van der Waals surface area contributed by atoms with Crippen molar-refractivity contribution in [2.24, 2.45) is 0 Å². The molecule has 0 aliphatic carbocycles. The van der Waals surface area contributed by atoms with E-state index in [1.165, 1.54) is 11.1 Å². The van der Waals surface area contributed by atoms with Crippen molar-refractivity contribution in [1.29, 1.82) is 0 Å². The van der Waals surface area contributed by atoms with Crippen LogP contribution in [0.5, 0.6) is 0 Å². The first-order valence-corrected chi connectivity index (χ1v) is 5.08. The zero-order valence-electron chi connectivity index (χ0n) is 9.07. The average Bonchev–Trinajstić information content (AvgIpc) is 2.24. The van der Waals surface area contributed by atoms with E-state index in [0.29, 0.717) is 0 Å². The summed E-state index contributed by atoms with van der Waals surface area (Å²) >= 11 is 0. The molecule has 2 aromatic heterocycles. The van der Waals surface area contributed by atoms with Crippen LogP contribution in [0.4, 0.5) is 0 Å². The molecular weight excluding hydrogens is 184 g/mol. The van der Waals surface area contributed by atoms with Gasteiger partial charge in [-0.3, -0.25) is 9.97 Å². The molecule has 0 unspecified atom stereocenters. The molecule has 2 rings (SSSR count). The highest BCUT2D eigenvalue weighted by Gasteiger charge is 2.03. The van der Waals surface area contributed by atoms with Gasteiger partial charge in [-0.05, 0) is 37.1 Å². The molecule has 0 saturated carbocycles. The van der Waals surface area contributed by atoms with Crippen LogP contribution in [0.2, 0.25) is 0 Å². The van der Waals surface area contributed by atoms with Gasteiger partial charge in [-0.1, -0.05) is 12.1 Å². The number of nitrogens with zero attached hydrogens (tertiary/aromatic N) is 2. The summed E-state index contributed by atoms with van der Waals surface area (Å²) in [5.74, 6) is 0. The van der Waals surface area contributed by atoms with Crippen LogP contribution >= 0.6 is 0 Å². The van der Waals surface area contributed by atoms with Crippen molar-refractivity contribution >= 4 is 0 Å². The zero-order chi connectivity index (χ0) is 10.7. The zero-order valence-corrected chi connectivity index (χ0v) is 9.07. The lowest BCUT2D eigenvalue weighted by Gasteiger charge is -2.05. The van der Waals surface area contributed by atoms with Crippen molar-refractivity contribution in [2.45, 2.75) is 20.3 Å². The fourth-order valence-corrected chi connectivity index (χ4v) is 1.57. The Bertz CT molecular complexity index is 420. The molecule has 0 fully saturated rings. The predicted molar refractivity (Wildman–Crippen MR) is 60.8 cm³/mol. The van der Waals surface area contributed by atoms with Gasteiger partial charge >= 0.3 is 0 Å². The monoisotopic (exact) mass is 198 g/mol. The minimum atomic E-state index is 0.819. The molecule has 76 valence electrons. The maximum absolute atomic E-state index is 4.37. The fourth-order valence-electron chi connectivity index (χ4n) is 1.57. The molecule has 0 amide bonds. The summed E-state index contributed by atoms with van der Waals surface area (Å²) < 4.78 is 0. The fraction of sp³-hybridized carbons (Fsp3) is 0.231. The minimum Gasteiger partial charge on any atom is -0.261 e. The van der Waals surface area contributed by atoms with Crippen molar-refractivity contribution in [3.05, 3.63) is 59.2 Å². The second-order valence-electron chi connectivity index (χ2n) is 3.71. The molecule has 0 aliphatic rings. The summed E-state index contributed by atoms with van der Waals surface area (Å²) in [5, 5.41) is 0. The molecule has 0 atom stereocenters. The molecule has 2 heteroatoms. The van der Waals surface area contributed by atoms with Gasteiger partial charge in [-0.15, -0.1) is 0 Å². The lowest BCUT2D eigenvalue weighted by atomic mass is 10.1. The summed E-state index contributed by atoms with van der Waals surface area (Å²) in [6.07, 6.45) is 4.49. The molecule has 2 aromatic rings. The molecule has 0 bridgehead atoms. The van der Waals surface area contributed by atoms with E-state index < -0.39 is 0 Å². The smallest absolute Gasteiger partial charge is 0.0492 e. The molecule has 0 aromatic carbocycles. The highest BCUT2D eigenvalue weighted by atomic mass is 14.7. The summed E-state index contributed by atoms with van der Waals surface area (Å²) in [5.41, 5.74) is 4.67. The summed E-state index contributed by atoms with van der Waals surface area (Å²) in [6.45, 7) is 4.17. The Labute approximate surface area is 90.0 Å².